The average molecular weight is 572 g/mol. The molecular weight excluding hydrogens is 529 g/mol. The molecule has 0 aliphatic heterocycles. The zero-order chi connectivity index (χ0) is 24.3. The van der Waals surface area contributed by atoms with E-state index in [0.29, 0.717) is 0 Å². The molecule has 0 bridgehead atoms. The topological polar surface area (TPSA) is 80.3 Å². The van der Waals surface area contributed by atoms with Gasteiger partial charge in [-0.25, -0.2) is 6.14 Å². The fourth-order valence-corrected chi connectivity index (χ4v) is 5.19. The van der Waals surface area contributed by atoms with E-state index in [4.69, 9.17) is 0 Å². The van der Waals surface area contributed by atoms with Crippen LogP contribution in [0.4, 0.5) is 0 Å². The van der Waals surface area contributed by atoms with Crippen LogP contribution < -0.4 is 5.32 Å². The van der Waals surface area contributed by atoms with Crippen LogP contribution in [-0.4, -0.2) is 11.8 Å². The molecule has 0 saturated carbocycles. The van der Waals surface area contributed by atoms with E-state index >= 15 is 0 Å². The van der Waals surface area contributed by atoms with Gasteiger partial charge in [0.15, 0.2) is 0 Å². The van der Waals surface area contributed by atoms with Crippen molar-refractivity contribution in [3.63, 3.8) is 0 Å². The number of rotatable bonds is 18. The summed E-state index contributed by atoms with van der Waals surface area (Å²) < 4.78 is 23.0. The highest BCUT2D eigenvalue weighted by molar-refractivity contribution is 14.2. The van der Waals surface area contributed by atoms with E-state index in [1.807, 2.05) is 0 Å². The molecule has 0 saturated heterocycles. The molecular formula is C27H42INO4. The molecule has 1 rings (SSSR count). The lowest BCUT2D eigenvalue weighted by molar-refractivity contribution is -0.118. The van der Waals surface area contributed by atoms with Gasteiger partial charge in [0.25, 0.3) is 5.91 Å². The molecule has 33 heavy (non-hydrogen) atoms. The molecule has 5 nitrogen and oxygen atoms in total. The van der Waals surface area contributed by atoms with Crippen LogP contribution in [-0.2, 0) is 17.4 Å². The normalized spacial score (nSPS) is 11.4. The number of hydrogen-bond acceptors (Lipinski definition) is 4. The van der Waals surface area contributed by atoms with Crippen LogP contribution in [0, 0.1) is 3.57 Å². The van der Waals surface area contributed by atoms with Gasteiger partial charge in [0.05, 0.1) is 9.13 Å². The number of allylic oxidation sites excluding steroid dienone is 2. The predicted octanol–water partition coefficient (Wildman–Crippen LogP) is 7.91. The third-order valence-electron chi connectivity index (χ3n) is 5.71. The molecule has 2 amide bonds. The van der Waals surface area contributed by atoms with E-state index in [1.54, 1.807) is 12.1 Å². The minimum absolute atomic E-state index is 0.0421. The number of halogens is 1. The quantitative estimate of drug-likeness (QED) is 0.110. The number of unbranched alkanes of at least 4 members (excludes halogenated alkanes) is 12. The Balaban J connectivity index is 2.18. The van der Waals surface area contributed by atoms with Gasteiger partial charge in [-0.3, -0.25) is 14.9 Å². The summed E-state index contributed by atoms with van der Waals surface area (Å²) in [6.45, 7) is 3.49. The number of carbonyl (C=O) groups excluding carboxylic acids is 2. The lowest BCUT2D eigenvalue weighted by atomic mass is 10.0. The third kappa shape index (κ3) is 14.3. The number of benzene rings is 1. The molecule has 1 N–H and O–H groups in total. The van der Waals surface area contributed by atoms with Crippen LogP contribution in [0.5, 0.6) is 0 Å². The van der Waals surface area contributed by atoms with Crippen molar-refractivity contribution in [2.24, 2.45) is 0 Å². The zero-order valence-corrected chi connectivity index (χ0v) is 22.7. The first-order valence-electron chi connectivity index (χ1n) is 12.6. The molecule has 1 aromatic rings. The van der Waals surface area contributed by atoms with Gasteiger partial charge in [-0.15, -0.1) is 0 Å². The van der Waals surface area contributed by atoms with Gasteiger partial charge >= 0.3 is 19.8 Å². The van der Waals surface area contributed by atoms with Crippen molar-refractivity contribution < 1.29 is 15.7 Å². The fraction of sp³-hybridized carbons (Fsp3) is 0.630. The second-order valence-corrected chi connectivity index (χ2v) is 11.1. The van der Waals surface area contributed by atoms with E-state index in [0.717, 1.165) is 37.7 Å². The van der Waals surface area contributed by atoms with E-state index in [1.165, 1.54) is 77.2 Å². The third-order valence-corrected chi connectivity index (χ3v) is 7.60. The van der Waals surface area contributed by atoms with E-state index in [9.17, 15) is 15.7 Å². The molecule has 1 aromatic carbocycles. The summed E-state index contributed by atoms with van der Waals surface area (Å²) in [6.07, 6.45) is 23.1. The maximum Gasteiger partial charge on any atom is 0.341 e. The van der Waals surface area contributed by atoms with Gasteiger partial charge < -0.3 is 0 Å². The summed E-state index contributed by atoms with van der Waals surface area (Å²) in [5.41, 5.74) is 1.01. The van der Waals surface area contributed by atoms with Crippen LogP contribution in [0.1, 0.15) is 120 Å². The van der Waals surface area contributed by atoms with Crippen LogP contribution >= 0.6 is 19.8 Å². The summed E-state index contributed by atoms with van der Waals surface area (Å²) in [6, 6.07) is 4.88. The Bertz CT molecular complexity index is 806. The molecule has 0 aromatic heterocycles. The summed E-state index contributed by atoms with van der Waals surface area (Å²) >= 11 is -3.81. The van der Waals surface area contributed by atoms with Crippen molar-refractivity contribution in [2.45, 2.75) is 110 Å². The van der Waals surface area contributed by atoms with Crippen molar-refractivity contribution in [1.29, 1.82) is 0 Å². The smallest absolute Gasteiger partial charge is 0.293 e. The van der Waals surface area contributed by atoms with E-state index in [-0.39, 0.29) is 9.13 Å². The maximum absolute atomic E-state index is 12.2. The van der Waals surface area contributed by atoms with Gasteiger partial charge in [-0.1, -0.05) is 82.9 Å². The molecule has 0 heterocycles. The predicted molar refractivity (Wildman–Crippen MR) is 142 cm³/mol. The zero-order valence-electron chi connectivity index (χ0n) is 20.5. The highest BCUT2D eigenvalue weighted by atomic mass is 127. The minimum atomic E-state index is -3.81. The standard InChI is InChI=1S/C27H42INO4/c1-3-4-5-6-7-8-9-10-11-12-13-14-15-16-17-18-19-24-20-21-26(28(32)33)25(22-24)27(31)29-23(2)30/h12-13,20-22H,3-11,14-19H2,1-2H3,(H,29,30,31)/b13-12+. The minimum Gasteiger partial charge on any atom is -0.293 e. The largest absolute Gasteiger partial charge is 0.341 e. The molecule has 186 valence electrons. The van der Waals surface area contributed by atoms with Crippen LogP contribution in [0.25, 0.3) is 0 Å². The Morgan fingerprint density at radius 2 is 1.36 bits per heavy atom. The number of nitrogens with one attached hydrogen (secondary N) is 1. The van der Waals surface area contributed by atoms with Crippen molar-refractivity contribution in [2.75, 3.05) is 0 Å². The van der Waals surface area contributed by atoms with E-state index in [2.05, 4.69) is 24.4 Å². The van der Waals surface area contributed by atoms with Gasteiger partial charge in [0.2, 0.25) is 5.91 Å². The van der Waals surface area contributed by atoms with Crippen LogP contribution in [0.3, 0.4) is 0 Å². The number of carbonyl (C=O) groups is 2. The summed E-state index contributed by atoms with van der Waals surface area (Å²) in [4.78, 5) is 23.3. The monoisotopic (exact) mass is 571 g/mol. The van der Waals surface area contributed by atoms with E-state index < -0.39 is 31.6 Å². The second-order valence-electron chi connectivity index (χ2n) is 8.73. The van der Waals surface area contributed by atoms with Crippen LogP contribution in [0.2, 0.25) is 0 Å². The number of amides is 2. The molecule has 6 heteroatoms. The highest BCUT2D eigenvalue weighted by Crippen LogP contribution is 2.24. The second kappa shape index (κ2) is 18.8. The van der Waals surface area contributed by atoms with Crippen molar-refractivity contribution in [1.82, 2.24) is 5.32 Å². The van der Waals surface area contributed by atoms with Crippen LogP contribution in [0.15, 0.2) is 30.4 Å². The van der Waals surface area contributed by atoms with Gasteiger partial charge in [-0.05, 0) is 56.2 Å². The first-order chi connectivity index (χ1) is 16.0. The first-order valence-corrected chi connectivity index (χ1v) is 15.4. The Kier molecular flexibility index (Phi) is 16.8. The van der Waals surface area contributed by atoms with Gasteiger partial charge in [0, 0.05) is 6.92 Å². The number of imide groups is 1. The van der Waals surface area contributed by atoms with Crippen molar-refractivity contribution >= 4 is 31.6 Å². The molecule has 0 radical (unpaired) electrons. The Labute approximate surface area is 207 Å². The molecule has 0 aliphatic rings. The summed E-state index contributed by atoms with van der Waals surface area (Å²) in [7, 11) is 0. The van der Waals surface area contributed by atoms with Gasteiger partial charge in [-0.2, -0.15) is 0 Å². The number of hydrogen-bond donors (Lipinski definition) is 1. The fourth-order valence-electron chi connectivity index (χ4n) is 3.84. The molecule has 0 atom stereocenters. The first kappa shape index (κ1) is 29.5. The Hall–Kier alpha value is -1.57. The Morgan fingerprint density at radius 3 is 1.91 bits per heavy atom. The lowest BCUT2D eigenvalue weighted by Crippen LogP contribution is -2.28. The highest BCUT2D eigenvalue weighted by Gasteiger charge is 2.16. The lowest BCUT2D eigenvalue weighted by Gasteiger charge is -2.07. The summed E-state index contributed by atoms with van der Waals surface area (Å²) in [5.74, 6) is -1.15. The average Bonchev–Trinajstić information content (AvgIpc) is 2.78. The summed E-state index contributed by atoms with van der Waals surface area (Å²) in [5, 5.41) is 2.17. The SMILES string of the molecule is CCCCCCCCCC/C=C/CCCCCCc1ccc(I(=O)=O)c(C(=O)NC(C)=O)c1. The molecule has 0 unspecified atom stereocenters. The molecule has 0 spiro atoms. The Morgan fingerprint density at radius 1 is 0.818 bits per heavy atom. The number of aryl methyl sites for hydroxylation is 1. The maximum atomic E-state index is 12.2. The van der Waals surface area contributed by atoms with Crippen molar-refractivity contribution in [3.8, 4) is 0 Å². The van der Waals surface area contributed by atoms with Gasteiger partial charge in [0.1, 0.15) is 0 Å². The van der Waals surface area contributed by atoms with Crippen molar-refractivity contribution in [3.05, 3.63) is 45.0 Å². The molecule has 0 aliphatic carbocycles. The molecule has 0 fully saturated rings.